The molecule has 0 aromatic heterocycles. The van der Waals surface area contributed by atoms with Crippen LogP contribution in [0, 0.1) is 0 Å². The Hall–Kier alpha value is -0.790. The molecule has 0 spiro atoms. The fourth-order valence-corrected chi connectivity index (χ4v) is 0.611. The van der Waals surface area contributed by atoms with Crippen molar-refractivity contribution in [3.63, 3.8) is 0 Å². The Balaban J connectivity index is 0. The van der Waals surface area contributed by atoms with Crippen molar-refractivity contribution >= 4 is 6.21 Å². The third-order valence-electron chi connectivity index (χ3n) is 0.778. The van der Waals surface area contributed by atoms with Crippen molar-refractivity contribution in [2.45, 2.75) is 27.7 Å². The largest absolute Gasteiger partial charge is 0.382 e. The van der Waals surface area contributed by atoms with E-state index in [0.717, 1.165) is 5.70 Å². The summed E-state index contributed by atoms with van der Waals surface area (Å²) in [4.78, 5) is 6.03. The second-order valence-corrected chi connectivity index (χ2v) is 2.12. The van der Waals surface area contributed by atoms with E-state index in [9.17, 15) is 0 Å². The molecule has 0 unspecified atom stereocenters. The van der Waals surface area contributed by atoms with Crippen LogP contribution in [0.25, 0.3) is 0 Å². The number of hydrogen-bond acceptors (Lipinski definition) is 2. The van der Waals surface area contributed by atoms with Gasteiger partial charge in [-0.25, -0.2) is 0 Å². The Labute approximate surface area is 70.6 Å². The Morgan fingerprint density at radius 1 is 1.27 bits per heavy atom. The zero-order valence-corrected chi connectivity index (χ0v) is 8.55. The van der Waals surface area contributed by atoms with Crippen molar-refractivity contribution in [3.8, 4) is 0 Å². The fraction of sp³-hybridized carbons (Fsp3) is 0.667. The second kappa shape index (κ2) is 9.21. The fourth-order valence-electron chi connectivity index (χ4n) is 0.611. The first kappa shape index (κ1) is 12.8. The third kappa shape index (κ3) is 12.4. The maximum atomic E-state index is 4.06. The molecule has 11 heavy (non-hydrogen) atoms. The summed E-state index contributed by atoms with van der Waals surface area (Å²) in [6.45, 7) is 7.88. The molecule has 0 heterocycles. The Bertz CT molecular complexity index is 124. The van der Waals surface area contributed by atoms with Gasteiger partial charge in [0.15, 0.2) is 0 Å². The summed E-state index contributed by atoms with van der Waals surface area (Å²) >= 11 is 0. The molecule has 0 N–H and O–H groups in total. The normalized spacial score (nSPS) is 10.9. The van der Waals surface area contributed by atoms with Crippen LogP contribution in [-0.2, 0) is 0 Å². The van der Waals surface area contributed by atoms with Gasteiger partial charge in [0.1, 0.15) is 0 Å². The van der Waals surface area contributed by atoms with Gasteiger partial charge in [0.05, 0.1) is 5.70 Å². The minimum Gasteiger partial charge on any atom is -0.382 e. The summed E-state index contributed by atoms with van der Waals surface area (Å²) in [7, 11) is 3.96. The van der Waals surface area contributed by atoms with E-state index < -0.39 is 0 Å². The van der Waals surface area contributed by atoms with E-state index in [2.05, 4.69) is 4.99 Å². The van der Waals surface area contributed by atoms with Crippen LogP contribution in [0.3, 0.4) is 0 Å². The standard InChI is InChI=1S/C7H14N2.C2H6/c1-5-8-7(2)6-9(3)4;1-2/h5-6H,1-4H3;1-2H3/b7-6-,8-5?;. The van der Waals surface area contributed by atoms with E-state index in [0.29, 0.717) is 0 Å². The molecule has 0 aliphatic carbocycles. The smallest absolute Gasteiger partial charge is 0.0526 e. The van der Waals surface area contributed by atoms with Crippen LogP contribution in [0.15, 0.2) is 16.9 Å². The van der Waals surface area contributed by atoms with Gasteiger partial charge in [-0.1, -0.05) is 13.8 Å². The molecular formula is C9H20N2. The predicted octanol–water partition coefficient (Wildman–Crippen LogP) is 2.53. The summed E-state index contributed by atoms with van der Waals surface area (Å²) in [6, 6.07) is 0. The molecule has 0 atom stereocenters. The topological polar surface area (TPSA) is 15.6 Å². The quantitative estimate of drug-likeness (QED) is 0.561. The molecular weight excluding hydrogens is 136 g/mol. The molecule has 0 saturated carbocycles. The van der Waals surface area contributed by atoms with Crippen molar-refractivity contribution in [2.75, 3.05) is 14.1 Å². The van der Waals surface area contributed by atoms with Crippen LogP contribution in [0.5, 0.6) is 0 Å². The second-order valence-electron chi connectivity index (χ2n) is 2.12. The number of rotatable bonds is 2. The van der Waals surface area contributed by atoms with Gasteiger partial charge in [-0.2, -0.15) is 0 Å². The highest BCUT2D eigenvalue weighted by Crippen LogP contribution is 1.92. The van der Waals surface area contributed by atoms with Crippen LogP contribution in [-0.4, -0.2) is 25.2 Å². The molecule has 0 bridgehead atoms. The monoisotopic (exact) mass is 156 g/mol. The molecule has 0 aliphatic heterocycles. The van der Waals surface area contributed by atoms with Gasteiger partial charge in [-0.15, -0.1) is 0 Å². The van der Waals surface area contributed by atoms with Crippen molar-refractivity contribution in [1.82, 2.24) is 4.90 Å². The first-order chi connectivity index (χ1) is 5.16. The predicted molar refractivity (Wildman–Crippen MR) is 53.0 cm³/mol. The highest BCUT2D eigenvalue weighted by atomic mass is 15.0. The first-order valence-electron chi connectivity index (χ1n) is 4.00. The van der Waals surface area contributed by atoms with Crippen molar-refractivity contribution in [2.24, 2.45) is 4.99 Å². The van der Waals surface area contributed by atoms with Crippen molar-refractivity contribution < 1.29 is 0 Å². The average Bonchev–Trinajstić information content (AvgIpc) is 1.91. The maximum Gasteiger partial charge on any atom is 0.0526 e. The highest BCUT2D eigenvalue weighted by molar-refractivity contribution is 5.54. The molecule has 0 fully saturated rings. The SMILES string of the molecule is CC.CC=N/C(C)=C\N(C)C. The lowest BCUT2D eigenvalue weighted by atomic mass is 10.5. The van der Waals surface area contributed by atoms with Crippen LogP contribution < -0.4 is 0 Å². The van der Waals surface area contributed by atoms with Crippen LogP contribution in [0.1, 0.15) is 27.7 Å². The van der Waals surface area contributed by atoms with Gasteiger partial charge in [-0.05, 0) is 13.8 Å². The molecule has 0 amide bonds. The molecule has 0 aromatic rings. The number of allylic oxidation sites excluding steroid dienone is 1. The third-order valence-corrected chi connectivity index (χ3v) is 0.778. The Morgan fingerprint density at radius 3 is 2.00 bits per heavy atom. The van der Waals surface area contributed by atoms with E-state index in [1.165, 1.54) is 0 Å². The van der Waals surface area contributed by atoms with Crippen LogP contribution in [0.2, 0.25) is 0 Å². The van der Waals surface area contributed by atoms with Gasteiger partial charge in [0.25, 0.3) is 0 Å². The molecule has 2 nitrogen and oxygen atoms in total. The summed E-state index contributed by atoms with van der Waals surface area (Å²) in [5.74, 6) is 0. The van der Waals surface area contributed by atoms with Gasteiger partial charge >= 0.3 is 0 Å². The zero-order valence-electron chi connectivity index (χ0n) is 8.55. The number of aliphatic imine (C=N–C) groups is 1. The molecule has 0 saturated heterocycles. The number of nitrogens with zero attached hydrogens (tertiary/aromatic N) is 2. The zero-order chi connectivity index (χ0) is 9.28. The highest BCUT2D eigenvalue weighted by Gasteiger charge is 1.80. The average molecular weight is 156 g/mol. The van der Waals surface area contributed by atoms with E-state index in [1.54, 1.807) is 6.21 Å². The van der Waals surface area contributed by atoms with Gasteiger partial charge < -0.3 is 4.90 Å². The lowest BCUT2D eigenvalue weighted by molar-refractivity contribution is 0.557. The summed E-state index contributed by atoms with van der Waals surface area (Å²) < 4.78 is 0. The lowest BCUT2D eigenvalue weighted by Crippen LogP contribution is -2.01. The summed E-state index contributed by atoms with van der Waals surface area (Å²) in [5, 5.41) is 0. The van der Waals surface area contributed by atoms with Crippen molar-refractivity contribution in [3.05, 3.63) is 11.9 Å². The number of hydrogen-bond donors (Lipinski definition) is 0. The Kier molecular flexibility index (Phi) is 10.8. The van der Waals surface area contributed by atoms with Crippen LogP contribution in [0.4, 0.5) is 0 Å². The maximum absolute atomic E-state index is 4.06. The van der Waals surface area contributed by atoms with Gasteiger partial charge in [0.2, 0.25) is 0 Å². The lowest BCUT2D eigenvalue weighted by Gasteiger charge is -2.03. The molecule has 0 aromatic carbocycles. The molecule has 2 heteroatoms. The van der Waals surface area contributed by atoms with Gasteiger partial charge in [0, 0.05) is 26.5 Å². The minimum absolute atomic E-state index is 1.03. The van der Waals surface area contributed by atoms with E-state index in [-0.39, 0.29) is 0 Å². The molecule has 0 rings (SSSR count). The molecule has 66 valence electrons. The van der Waals surface area contributed by atoms with Crippen molar-refractivity contribution in [1.29, 1.82) is 0 Å². The first-order valence-corrected chi connectivity index (χ1v) is 4.00. The van der Waals surface area contributed by atoms with Crippen LogP contribution >= 0.6 is 0 Å². The minimum atomic E-state index is 1.03. The molecule has 0 aliphatic rings. The molecule has 0 radical (unpaired) electrons. The van der Waals surface area contributed by atoms with E-state index in [1.807, 2.05) is 52.9 Å². The van der Waals surface area contributed by atoms with Gasteiger partial charge in [-0.3, -0.25) is 4.99 Å². The van der Waals surface area contributed by atoms with E-state index in [4.69, 9.17) is 0 Å². The van der Waals surface area contributed by atoms with E-state index >= 15 is 0 Å². The summed E-state index contributed by atoms with van der Waals surface area (Å²) in [5.41, 5.74) is 1.03. The summed E-state index contributed by atoms with van der Waals surface area (Å²) in [6.07, 6.45) is 3.76. The Morgan fingerprint density at radius 2 is 1.73 bits per heavy atom.